The maximum Gasteiger partial charge on any atom is 0.00191 e. The molecule has 1 rings (SSSR count). The lowest BCUT2D eigenvalue weighted by Gasteiger charge is -2.33. The summed E-state index contributed by atoms with van der Waals surface area (Å²) in [4.78, 5) is 2.63. The molecule has 1 heterocycles. The monoisotopic (exact) mass is 198 g/mol. The Morgan fingerprint density at radius 3 is 2.50 bits per heavy atom. The lowest BCUT2D eigenvalue weighted by atomic mass is 9.94. The topological polar surface area (TPSA) is 15.3 Å². The molecule has 0 aromatic rings. The van der Waals surface area contributed by atoms with Crippen molar-refractivity contribution in [3.05, 3.63) is 0 Å². The molecule has 0 amide bonds. The molecule has 1 aliphatic rings. The van der Waals surface area contributed by atoms with E-state index in [0.29, 0.717) is 0 Å². The van der Waals surface area contributed by atoms with Crippen molar-refractivity contribution in [1.29, 1.82) is 0 Å². The summed E-state index contributed by atoms with van der Waals surface area (Å²) in [5.74, 6) is 1.80. The Hall–Kier alpha value is -0.0800. The van der Waals surface area contributed by atoms with Crippen molar-refractivity contribution < 1.29 is 0 Å². The smallest absolute Gasteiger partial charge is 0.00191 e. The van der Waals surface area contributed by atoms with Crippen LogP contribution in [-0.2, 0) is 0 Å². The van der Waals surface area contributed by atoms with E-state index in [1.165, 1.54) is 38.9 Å². The zero-order valence-corrected chi connectivity index (χ0v) is 10.1. The zero-order chi connectivity index (χ0) is 10.4. The molecule has 2 nitrogen and oxygen atoms in total. The molecule has 1 atom stereocenters. The molecule has 14 heavy (non-hydrogen) atoms. The summed E-state index contributed by atoms with van der Waals surface area (Å²) >= 11 is 0. The number of hydrogen-bond donors (Lipinski definition) is 1. The summed E-state index contributed by atoms with van der Waals surface area (Å²) in [5, 5.41) is 3.25. The third-order valence-electron chi connectivity index (χ3n) is 3.41. The minimum atomic E-state index is 0.790. The molecule has 0 aromatic heterocycles. The average Bonchev–Trinajstić information content (AvgIpc) is 2.19. The van der Waals surface area contributed by atoms with Crippen LogP contribution in [0.4, 0.5) is 0 Å². The van der Waals surface area contributed by atoms with Crippen LogP contribution in [0.3, 0.4) is 0 Å². The van der Waals surface area contributed by atoms with Crippen LogP contribution in [0.1, 0.15) is 33.1 Å². The van der Waals surface area contributed by atoms with Gasteiger partial charge < -0.3 is 10.2 Å². The van der Waals surface area contributed by atoms with Gasteiger partial charge >= 0.3 is 0 Å². The van der Waals surface area contributed by atoms with E-state index >= 15 is 0 Å². The summed E-state index contributed by atoms with van der Waals surface area (Å²) in [5.41, 5.74) is 0. The number of nitrogens with zero attached hydrogens (tertiary/aromatic N) is 1. The number of piperidine rings is 1. The van der Waals surface area contributed by atoms with Crippen LogP contribution in [0.5, 0.6) is 0 Å². The van der Waals surface area contributed by atoms with Crippen molar-refractivity contribution in [2.75, 3.05) is 33.2 Å². The van der Waals surface area contributed by atoms with Crippen molar-refractivity contribution in [2.24, 2.45) is 11.8 Å². The SMILES string of the molecule is CCC1CCN(CC(C)CNC)CC1. The van der Waals surface area contributed by atoms with Crippen molar-refractivity contribution in [2.45, 2.75) is 33.1 Å². The molecule has 0 spiro atoms. The molecule has 1 aliphatic heterocycles. The Morgan fingerprint density at radius 2 is 2.00 bits per heavy atom. The molecule has 1 N–H and O–H groups in total. The maximum absolute atomic E-state index is 3.25. The van der Waals surface area contributed by atoms with Crippen molar-refractivity contribution in [3.63, 3.8) is 0 Å². The second-order valence-electron chi connectivity index (χ2n) is 4.82. The molecule has 84 valence electrons. The van der Waals surface area contributed by atoms with Crippen LogP contribution in [-0.4, -0.2) is 38.1 Å². The predicted octanol–water partition coefficient (Wildman–Crippen LogP) is 1.96. The Balaban J connectivity index is 2.15. The van der Waals surface area contributed by atoms with Gasteiger partial charge in [0.1, 0.15) is 0 Å². The fraction of sp³-hybridized carbons (Fsp3) is 1.00. The van der Waals surface area contributed by atoms with E-state index < -0.39 is 0 Å². The van der Waals surface area contributed by atoms with E-state index in [4.69, 9.17) is 0 Å². The van der Waals surface area contributed by atoms with Crippen molar-refractivity contribution in [3.8, 4) is 0 Å². The molecule has 2 heteroatoms. The first-order valence-electron chi connectivity index (χ1n) is 6.13. The quantitative estimate of drug-likeness (QED) is 0.726. The molecule has 0 saturated carbocycles. The third-order valence-corrected chi connectivity index (χ3v) is 3.41. The lowest BCUT2D eigenvalue weighted by Crippen LogP contribution is -2.38. The van der Waals surface area contributed by atoms with Crippen LogP contribution in [0.15, 0.2) is 0 Å². The van der Waals surface area contributed by atoms with Gasteiger partial charge in [-0.25, -0.2) is 0 Å². The minimum Gasteiger partial charge on any atom is -0.319 e. The summed E-state index contributed by atoms with van der Waals surface area (Å²) in [7, 11) is 2.04. The first kappa shape index (κ1) is 12.0. The van der Waals surface area contributed by atoms with E-state index in [1.807, 2.05) is 7.05 Å². The molecule has 0 bridgehead atoms. The molecule has 0 radical (unpaired) electrons. The van der Waals surface area contributed by atoms with Gasteiger partial charge in [-0.15, -0.1) is 0 Å². The van der Waals surface area contributed by atoms with E-state index in [2.05, 4.69) is 24.1 Å². The lowest BCUT2D eigenvalue weighted by molar-refractivity contribution is 0.162. The molecular weight excluding hydrogens is 172 g/mol. The van der Waals surface area contributed by atoms with Crippen LogP contribution < -0.4 is 5.32 Å². The van der Waals surface area contributed by atoms with Gasteiger partial charge in [0.15, 0.2) is 0 Å². The van der Waals surface area contributed by atoms with Crippen LogP contribution in [0, 0.1) is 11.8 Å². The first-order valence-corrected chi connectivity index (χ1v) is 6.13. The summed E-state index contributed by atoms with van der Waals surface area (Å²) in [6, 6.07) is 0. The molecule has 1 unspecified atom stereocenters. The van der Waals surface area contributed by atoms with Gasteiger partial charge in [-0.05, 0) is 51.4 Å². The van der Waals surface area contributed by atoms with Gasteiger partial charge in [0.2, 0.25) is 0 Å². The van der Waals surface area contributed by atoms with Crippen molar-refractivity contribution in [1.82, 2.24) is 10.2 Å². The highest BCUT2D eigenvalue weighted by Gasteiger charge is 2.18. The summed E-state index contributed by atoms with van der Waals surface area (Å²) in [6.45, 7) is 9.73. The van der Waals surface area contributed by atoms with Gasteiger partial charge in [-0.2, -0.15) is 0 Å². The van der Waals surface area contributed by atoms with E-state index in [0.717, 1.165) is 18.4 Å². The van der Waals surface area contributed by atoms with Crippen LogP contribution in [0.2, 0.25) is 0 Å². The van der Waals surface area contributed by atoms with Crippen LogP contribution in [0.25, 0.3) is 0 Å². The van der Waals surface area contributed by atoms with Gasteiger partial charge in [-0.1, -0.05) is 20.3 Å². The number of hydrogen-bond acceptors (Lipinski definition) is 2. The van der Waals surface area contributed by atoms with Gasteiger partial charge in [0.05, 0.1) is 0 Å². The fourth-order valence-corrected chi connectivity index (χ4v) is 2.43. The van der Waals surface area contributed by atoms with Gasteiger partial charge in [0, 0.05) is 6.54 Å². The molecule has 1 fully saturated rings. The van der Waals surface area contributed by atoms with Gasteiger partial charge in [0.25, 0.3) is 0 Å². The van der Waals surface area contributed by atoms with E-state index in [1.54, 1.807) is 0 Å². The summed E-state index contributed by atoms with van der Waals surface area (Å²) in [6.07, 6.45) is 4.21. The number of likely N-dealkylation sites (tertiary alicyclic amines) is 1. The fourth-order valence-electron chi connectivity index (χ4n) is 2.43. The van der Waals surface area contributed by atoms with Crippen molar-refractivity contribution >= 4 is 0 Å². The second-order valence-corrected chi connectivity index (χ2v) is 4.82. The third kappa shape index (κ3) is 3.97. The van der Waals surface area contributed by atoms with E-state index in [-0.39, 0.29) is 0 Å². The Kier molecular flexibility index (Phi) is 5.49. The van der Waals surface area contributed by atoms with Gasteiger partial charge in [-0.3, -0.25) is 0 Å². The first-order chi connectivity index (χ1) is 6.76. The predicted molar refractivity (Wildman–Crippen MR) is 62.5 cm³/mol. The second kappa shape index (κ2) is 6.41. The largest absolute Gasteiger partial charge is 0.319 e. The molecular formula is C12H26N2. The normalized spacial score (nSPS) is 22.5. The van der Waals surface area contributed by atoms with Crippen LogP contribution >= 0.6 is 0 Å². The maximum atomic E-state index is 3.25. The molecule has 0 aliphatic carbocycles. The van der Waals surface area contributed by atoms with E-state index in [9.17, 15) is 0 Å². The Labute approximate surface area is 89.1 Å². The molecule has 1 saturated heterocycles. The Bertz CT molecular complexity index is 139. The minimum absolute atomic E-state index is 0.790. The average molecular weight is 198 g/mol. The highest BCUT2D eigenvalue weighted by molar-refractivity contribution is 4.73. The highest BCUT2D eigenvalue weighted by atomic mass is 15.1. The standard InChI is InChI=1S/C12H26N2/c1-4-12-5-7-14(8-6-12)10-11(2)9-13-3/h11-13H,4-10H2,1-3H3. The Morgan fingerprint density at radius 1 is 1.36 bits per heavy atom. The highest BCUT2D eigenvalue weighted by Crippen LogP contribution is 2.20. The zero-order valence-electron chi connectivity index (χ0n) is 10.1. The number of nitrogens with one attached hydrogen (secondary N) is 1. The number of rotatable bonds is 5. The molecule has 0 aromatic carbocycles. The summed E-state index contributed by atoms with van der Waals surface area (Å²) < 4.78 is 0.